The van der Waals surface area contributed by atoms with Gasteiger partial charge in [0.2, 0.25) is 5.79 Å². The molecule has 0 aromatic heterocycles. The zero-order chi connectivity index (χ0) is 19.3. The van der Waals surface area contributed by atoms with Crippen LogP contribution in [-0.2, 0) is 15.9 Å². The first-order chi connectivity index (χ1) is 13.7. The average Bonchev–Trinajstić information content (AvgIpc) is 3.31. The molecule has 1 spiro atoms. The summed E-state index contributed by atoms with van der Waals surface area (Å²) < 4.78 is 18.7. The molecule has 5 aliphatic rings. The summed E-state index contributed by atoms with van der Waals surface area (Å²) in [6.45, 7) is 6.55. The predicted octanol–water partition coefficient (Wildman–Crippen LogP) is 2.10. The SMILES string of the molecule is C=CCN1CCC2c3c4ccc(C#N)c3OC2C2(CCC(O)C1C4)OCCO2. The number of hydrogen-bond donors (Lipinski definition) is 1. The molecule has 0 saturated carbocycles. The van der Waals surface area contributed by atoms with Crippen molar-refractivity contribution in [1.29, 1.82) is 5.26 Å². The van der Waals surface area contributed by atoms with E-state index in [-0.39, 0.29) is 18.1 Å². The zero-order valence-corrected chi connectivity index (χ0v) is 16.0. The molecule has 0 amide bonds. The van der Waals surface area contributed by atoms with Gasteiger partial charge in [0.05, 0.1) is 24.9 Å². The Morgan fingerprint density at radius 1 is 1.32 bits per heavy atom. The minimum absolute atomic E-state index is 0.00779. The van der Waals surface area contributed by atoms with Gasteiger partial charge in [0, 0.05) is 30.5 Å². The first kappa shape index (κ1) is 18.1. The largest absolute Gasteiger partial charge is 0.482 e. The van der Waals surface area contributed by atoms with Crippen molar-refractivity contribution < 1.29 is 19.3 Å². The van der Waals surface area contributed by atoms with Crippen LogP contribution < -0.4 is 4.74 Å². The molecule has 4 bridgehead atoms. The van der Waals surface area contributed by atoms with E-state index in [0.717, 1.165) is 37.1 Å². The van der Waals surface area contributed by atoms with E-state index in [4.69, 9.17) is 14.2 Å². The van der Waals surface area contributed by atoms with Crippen LogP contribution in [0, 0.1) is 11.3 Å². The van der Waals surface area contributed by atoms with Gasteiger partial charge in [0.1, 0.15) is 11.8 Å². The summed E-state index contributed by atoms with van der Waals surface area (Å²) in [5, 5.41) is 20.8. The highest BCUT2D eigenvalue weighted by molar-refractivity contribution is 5.57. The predicted molar refractivity (Wildman–Crippen MR) is 102 cm³/mol. The van der Waals surface area contributed by atoms with Crippen LogP contribution in [0.4, 0.5) is 0 Å². The number of fused-ring (bicyclic) bond motifs is 4. The number of aliphatic hydroxyl groups excluding tert-OH is 1. The molecular weight excluding hydrogens is 356 g/mol. The molecule has 1 aromatic rings. The molecule has 6 rings (SSSR count). The van der Waals surface area contributed by atoms with Crippen LogP contribution in [0.2, 0.25) is 0 Å². The molecule has 6 heteroatoms. The van der Waals surface area contributed by atoms with Crippen LogP contribution >= 0.6 is 0 Å². The summed E-state index contributed by atoms with van der Waals surface area (Å²) in [5.41, 5.74) is 2.86. The Bertz CT molecular complexity index is 827. The van der Waals surface area contributed by atoms with E-state index in [1.165, 1.54) is 0 Å². The van der Waals surface area contributed by atoms with Gasteiger partial charge in [-0.2, -0.15) is 5.26 Å². The van der Waals surface area contributed by atoms with Crippen LogP contribution in [0.3, 0.4) is 0 Å². The highest BCUT2D eigenvalue weighted by Gasteiger charge is 2.56. The molecule has 2 fully saturated rings. The second-order valence-electron chi connectivity index (χ2n) is 8.23. The number of rotatable bonds is 2. The molecule has 1 N–H and O–H groups in total. The van der Waals surface area contributed by atoms with Gasteiger partial charge < -0.3 is 19.3 Å². The number of nitrogens with zero attached hydrogens (tertiary/aromatic N) is 2. The van der Waals surface area contributed by atoms with E-state index in [0.29, 0.717) is 37.4 Å². The van der Waals surface area contributed by atoms with Crippen LogP contribution in [0.1, 0.15) is 41.9 Å². The highest BCUT2D eigenvalue weighted by atomic mass is 16.8. The van der Waals surface area contributed by atoms with Gasteiger partial charge in [-0.05, 0) is 37.4 Å². The van der Waals surface area contributed by atoms with Crippen molar-refractivity contribution in [3.05, 3.63) is 41.5 Å². The zero-order valence-electron chi connectivity index (χ0n) is 16.0. The molecule has 148 valence electrons. The number of ether oxygens (including phenoxy) is 3. The Labute approximate surface area is 165 Å². The molecule has 4 atom stereocenters. The summed E-state index contributed by atoms with van der Waals surface area (Å²) in [7, 11) is 0. The molecule has 4 heterocycles. The fourth-order valence-electron chi connectivity index (χ4n) is 5.55. The maximum absolute atomic E-state index is 11.1. The monoisotopic (exact) mass is 382 g/mol. The smallest absolute Gasteiger partial charge is 0.206 e. The first-order valence-electron chi connectivity index (χ1n) is 10.2. The van der Waals surface area contributed by atoms with E-state index in [9.17, 15) is 10.4 Å². The molecule has 28 heavy (non-hydrogen) atoms. The quantitative estimate of drug-likeness (QED) is 0.790. The lowest BCUT2D eigenvalue weighted by atomic mass is 9.77. The van der Waals surface area contributed by atoms with Crippen molar-refractivity contribution in [3.8, 4) is 11.8 Å². The molecule has 2 saturated heterocycles. The third-order valence-corrected chi connectivity index (χ3v) is 6.82. The fourth-order valence-corrected chi connectivity index (χ4v) is 5.55. The van der Waals surface area contributed by atoms with Gasteiger partial charge in [-0.3, -0.25) is 4.90 Å². The van der Waals surface area contributed by atoms with Gasteiger partial charge in [-0.1, -0.05) is 12.1 Å². The molecule has 1 aliphatic carbocycles. The summed E-state index contributed by atoms with van der Waals surface area (Å²) in [6, 6.07) is 6.16. The van der Waals surface area contributed by atoms with Crippen molar-refractivity contribution in [2.24, 2.45) is 0 Å². The van der Waals surface area contributed by atoms with Gasteiger partial charge in [0.15, 0.2) is 6.10 Å². The second-order valence-corrected chi connectivity index (χ2v) is 8.23. The van der Waals surface area contributed by atoms with Crippen molar-refractivity contribution in [3.63, 3.8) is 0 Å². The summed E-state index contributed by atoms with van der Waals surface area (Å²) in [6.07, 6.45) is 3.89. The molecule has 1 aromatic carbocycles. The van der Waals surface area contributed by atoms with Crippen LogP contribution in [0.5, 0.6) is 5.75 Å². The topological polar surface area (TPSA) is 75.0 Å². The highest BCUT2D eigenvalue weighted by Crippen LogP contribution is 2.52. The van der Waals surface area contributed by atoms with E-state index in [1.54, 1.807) is 0 Å². The molecule has 4 aliphatic heterocycles. The first-order valence-corrected chi connectivity index (χ1v) is 10.2. The Kier molecular flexibility index (Phi) is 4.44. The van der Waals surface area contributed by atoms with Crippen LogP contribution in [0.15, 0.2) is 24.8 Å². The molecule has 4 unspecified atom stereocenters. The normalized spacial score (nSPS) is 33.3. The van der Waals surface area contributed by atoms with E-state index in [2.05, 4.69) is 17.5 Å². The summed E-state index contributed by atoms with van der Waals surface area (Å²) in [5.74, 6) is -0.0438. The number of benzene rings is 1. The van der Waals surface area contributed by atoms with Crippen molar-refractivity contribution in [2.75, 3.05) is 26.3 Å². The third-order valence-electron chi connectivity index (χ3n) is 6.82. The average molecular weight is 382 g/mol. The number of aliphatic hydroxyl groups is 1. The van der Waals surface area contributed by atoms with E-state index >= 15 is 0 Å². The standard InChI is InChI=1S/C22H26N2O4/c1-2-8-24-9-6-16-19-14-3-4-15(13-23)20(19)28-21(16)22(26-10-11-27-22)7-5-18(25)17(24)12-14/h2-4,16-18,21,25H,1,5-12H2. The number of hydrogen-bond acceptors (Lipinski definition) is 6. The molecular formula is C22H26N2O4. The van der Waals surface area contributed by atoms with Crippen molar-refractivity contribution in [2.45, 2.75) is 55.6 Å². The van der Waals surface area contributed by atoms with Crippen molar-refractivity contribution in [1.82, 2.24) is 4.90 Å². The van der Waals surface area contributed by atoms with E-state index in [1.807, 2.05) is 18.2 Å². The number of nitriles is 1. The third kappa shape index (κ3) is 2.61. The summed E-state index contributed by atoms with van der Waals surface area (Å²) >= 11 is 0. The van der Waals surface area contributed by atoms with Gasteiger partial charge in [0.25, 0.3) is 0 Å². The Morgan fingerprint density at radius 3 is 2.89 bits per heavy atom. The van der Waals surface area contributed by atoms with Crippen LogP contribution in [-0.4, -0.2) is 60.3 Å². The molecule has 0 radical (unpaired) electrons. The lowest BCUT2D eigenvalue weighted by Crippen LogP contribution is -2.54. The minimum atomic E-state index is -0.850. The summed E-state index contributed by atoms with van der Waals surface area (Å²) in [4.78, 5) is 2.34. The maximum Gasteiger partial charge on any atom is 0.206 e. The second kappa shape index (κ2) is 6.85. The Morgan fingerprint density at radius 2 is 2.14 bits per heavy atom. The Balaban J connectivity index is 1.69. The van der Waals surface area contributed by atoms with Gasteiger partial charge in [-0.15, -0.1) is 6.58 Å². The Hall–Kier alpha value is -1.91. The van der Waals surface area contributed by atoms with E-state index < -0.39 is 11.9 Å². The van der Waals surface area contributed by atoms with Gasteiger partial charge in [-0.25, -0.2) is 0 Å². The minimum Gasteiger partial charge on any atom is -0.482 e. The molecule has 6 nitrogen and oxygen atoms in total. The van der Waals surface area contributed by atoms with Crippen molar-refractivity contribution >= 4 is 0 Å². The van der Waals surface area contributed by atoms with Gasteiger partial charge >= 0.3 is 0 Å². The van der Waals surface area contributed by atoms with Crippen LogP contribution in [0.25, 0.3) is 0 Å². The maximum atomic E-state index is 11.1. The lowest BCUT2D eigenvalue weighted by molar-refractivity contribution is -0.223. The lowest BCUT2D eigenvalue weighted by Gasteiger charge is -2.43. The fraction of sp³-hybridized carbons (Fsp3) is 0.591.